The summed E-state index contributed by atoms with van der Waals surface area (Å²) in [7, 11) is 5.04. The lowest BCUT2D eigenvalue weighted by Gasteiger charge is -2.14. The molecule has 4 aromatic rings. The van der Waals surface area contributed by atoms with Crippen molar-refractivity contribution in [1.29, 1.82) is 0 Å². The second kappa shape index (κ2) is 9.35. The Morgan fingerprint density at radius 2 is 1.19 bits per heavy atom. The van der Waals surface area contributed by atoms with Crippen LogP contribution < -0.4 is 14.2 Å². The van der Waals surface area contributed by atoms with Gasteiger partial charge in [-0.25, -0.2) is 0 Å². The van der Waals surface area contributed by atoms with E-state index in [-0.39, 0.29) is 0 Å². The molecule has 0 radical (unpaired) electrons. The highest BCUT2D eigenvalue weighted by Gasteiger charge is 2.12. The lowest BCUT2D eigenvalue weighted by Crippen LogP contribution is -1.98. The van der Waals surface area contributed by atoms with Crippen molar-refractivity contribution in [2.45, 2.75) is 6.42 Å². The molecule has 0 atom stereocenters. The van der Waals surface area contributed by atoms with Gasteiger partial charge in [-0.1, -0.05) is 36.4 Å². The van der Waals surface area contributed by atoms with Crippen LogP contribution in [0.2, 0.25) is 0 Å². The van der Waals surface area contributed by atoms with E-state index < -0.39 is 0 Å². The van der Waals surface area contributed by atoms with Crippen molar-refractivity contribution in [3.8, 4) is 39.5 Å². The Labute approximate surface area is 183 Å². The van der Waals surface area contributed by atoms with Crippen LogP contribution in [-0.4, -0.2) is 26.3 Å². The van der Waals surface area contributed by atoms with Gasteiger partial charge in [-0.3, -0.25) is 4.98 Å². The van der Waals surface area contributed by atoms with Crippen LogP contribution in [0.25, 0.3) is 22.3 Å². The highest BCUT2D eigenvalue weighted by atomic mass is 16.5. The molecule has 0 saturated carbocycles. The van der Waals surface area contributed by atoms with Crippen molar-refractivity contribution in [2.75, 3.05) is 21.3 Å². The molecule has 156 valence electrons. The molecule has 31 heavy (non-hydrogen) atoms. The summed E-state index contributed by atoms with van der Waals surface area (Å²) in [5, 5.41) is 0. The van der Waals surface area contributed by atoms with Gasteiger partial charge in [-0.05, 0) is 59.2 Å². The molecule has 0 unspecified atom stereocenters. The molecule has 0 bridgehead atoms. The molecule has 0 aliphatic carbocycles. The summed E-state index contributed by atoms with van der Waals surface area (Å²) in [4.78, 5) is 4.87. The van der Waals surface area contributed by atoms with Crippen molar-refractivity contribution in [2.24, 2.45) is 0 Å². The van der Waals surface area contributed by atoms with Gasteiger partial charge in [0.25, 0.3) is 0 Å². The lowest BCUT2D eigenvalue weighted by atomic mass is 9.96. The van der Waals surface area contributed by atoms with Gasteiger partial charge in [-0.15, -0.1) is 0 Å². The summed E-state index contributed by atoms with van der Waals surface area (Å²) in [5.41, 5.74) is 6.37. The van der Waals surface area contributed by atoms with Crippen molar-refractivity contribution in [3.05, 3.63) is 96.3 Å². The fraction of sp³-hybridized carbons (Fsp3) is 0.148. The summed E-state index contributed by atoms with van der Waals surface area (Å²) >= 11 is 0. The molecule has 4 nitrogen and oxygen atoms in total. The third-order valence-corrected chi connectivity index (χ3v) is 5.26. The van der Waals surface area contributed by atoms with Crippen LogP contribution in [0.5, 0.6) is 17.2 Å². The molecular formula is C27H25NO3. The van der Waals surface area contributed by atoms with Crippen molar-refractivity contribution in [1.82, 2.24) is 4.98 Å². The molecule has 0 fully saturated rings. The Hall–Kier alpha value is -3.79. The first-order chi connectivity index (χ1) is 15.2. The zero-order chi connectivity index (χ0) is 21.6. The Morgan fingerprint density at radius 3 is 1.87 bits per heavy atom. The van der Waals surface area contributed by atoms with Crippen molar-refractivity contribution >= 4 is 0 Å². The molecule has 0 saturated heterocycles. The van der Waals surface area contributed by atoms with Crippen LogP contribution in [0, 0.1) is 0 Å². The molecule has 0 aliphatic heterocycles. The van der Waals surface area contributed by atoms with E-state index in [1.54, 1.807) is 21.3 Å². The van der Waals surface area contributed by atoms with E-state index in [1.807, 2.05) is 60.8 Å². The first kappa shape index (κ1) is 20.5. The lowest BCUT2D eigenvalue weighted by molar-refractivity contribution is 0.414. The van der Waals surface area contributed by atoms with Crippen molar-refractivity contribution in [3.63, 3.8) is 0 Å². The average Bonchev–Trinajstić information content (AvgIpc) is 2.84. The largest absolute Gasteiger partial charge is 0.497 e. The van der Waals surface area contributed by atoms with E-state index in [1.165, 1.54) is 0 Å². The van der Waals surface area contributed by atoms with Crippen LogP contribution in [0.1, 0.15) is 11.3 Å². The van der Waals surface area contributed by atoms with Gasteiger partial charge < -0.3 is 14.2 Å². The maximum absolute atomic E-state index is 5.46. The van der Waals surface area contributed by atoms with Crippen LogP contribution in [0.4, 0.5) is 0 Å². The third kappa shape index (κ3) is 4.69. The monoisotopic (exact) mass is 411 g/mol. The first-order valence-corrected chi connectivity index (χ1v) is 10.1. The number of hydrogen-bond acceptors (Lipinski definition) is 4. The minimum absolute atomic E-state index is 0.697. The maximum Gasteiger partial charge on any atom is 0.119 e. The summed E-state index contributed by atoms with van der Waals surface area (Å²) in [6.45, 7) is 0. The van der Waals surface area contributed by atoms with Gasteiger partial charge in [0.2, 0.25) is 0 Å². The van der Waals surface area contributed by atoms with Gasteiger partial charge in [0.05, 0.1) is 27.0 Å². The normalized spacial score (nSPS) is 10.5. The molecule has 1 heterocycles. The average molecular weight is 412 g/mol. The predicted octanol–water partition coefficient (Wildman–Crippen LogP) is 6.03. The van der Waals surface area contributed by atoms with E-state index in [9.17, 15) is 0 Å². The van der Waals surface area contributed by atoms with E-state index >= 15 is 0 Å². The highest BCUT2D eigenvalue weighted by Crippen LogP contribution is 2.32. The first-order valence-electron chi connectivity index (χ1n) is 10.1. The quantitative estimate of drug-likeness (QED) is 0.372. The van der Waals surface area contributed by atoms with Gasteiger partial charge in [0.15, 0.2) is 0 Å². The Bertz CT molecular complexity index is 1190. The standard InChI is InChI=1S/C27H25NO3/c1-29-23-10-4-7-19(13-23)14-27-26(21-9-6-12-25(16-21)31-3)17-22(18-28-27)20-8-5-11-24(15-20)30-2/h4-13,15-18H,14H2,1-3H3. The summed E-state index contributed by atoms with van der Waals surface area (Å²) in [6, 6.07) is 26.4. The van der Waals surface area contributed by atoms with Crippen LogP contribution in [-0.2, 0) is 6.42 Å². The summed E-state index contributed by atoms with van der Waals surface area (Å²) in [6.07, 6.45) is 2.62. The van der Waals surface area contributed by atoms with Crippen LogP contribution in [0.15, 0.2) is 85.1 Å². The van der Waals surface area contributed by atoms with Gasteiger partial charge in [-0.2, -0.15) is 0 Å². The maximum atomic E-state index is 5.46. The molecule has 4 rings (SSSR count). The Balaban J connectivity index is 1.81. The van der Waals surface area contributed by atoms with Gasteiger partial charge in [0.1, 0.15) is 17.2 Å². The second-order valence-electron chi connectivity index (χ2n) is 7.21. The number of aromatic nitrogens is 1. The number of benzene rings is 3. The molecule has 4 heteroatoms. The van der Waals surface area contributed by atoms with Crippen LogP contribution in [0.3, 0.4) is 0 Å². The second-order valence-corrected chi connectivity index (χ2v) is 7.21. The van der Waals surface area contributed by atoms with Crippen molar-refractivity contribution < 1.29 is 14.2 Å². The third-order valence-electron chi connectivity index (χ3n) is 5.26. The summed E-state index contributed by atoms with van der Waals surface area (Å²) in [5.74, 6) is 2.48. The Morgan fingerprint density at radius 1 is 0.613 bits per heavy atom. The molecule has 0 aliphatic rings. The molecule has 0 spiro atoms. The number of nitrogens with zero attached hydrogens (tertiary/aromatic N) is 1. The number of methoxy groups -OCH3 is 3. The molecule has 1 aromatic heterocycles. The minimum Gasteiger partial charge on any atom is -0.497 e. The fourth-order valence-electron chi connectivity index (χ4n) is 3.61. The predicted molar refractivity (Wildman–Crippen MR) is 124 cm³/mol. The fourth-order valence-corrected chi connectivity index (χ4v) is 3.61. The highest BCUT2D eigenvalue weighted by molar-refractivity contribution is 5.75. The zero-order valence-electron chi connectivity index (χ0n) is 18.0. The molecule has 3 aromatic carbocycles. The molecular weight excluding hydrogens is 386 g/mol. The molecule has 0 N–H and O–H groups in total. The number of hydrogen-bond donors (Lipinski definition) is 0. The topological polar surface area (TPSA) is 40.6 Å². The van der Waals surface area contributed by atoms with E-state index in [0.717, 1.165) is 50.8 Å². The smallest absolute Gasteiger partial charge is 0.119 e. The van der Waals surface area contributed by atoms with E-state index in [2.05, 4.69) is 24.3 Å². The van der Waals surface area contributed by atoms with Gasteiger partial charge in [0, 0.05) is 23.7 Å². The minimum atomic E-state index is 0.697. The number of rotatable bonds is 7. The van der Waals surface area contributed by atoms with E-state index in [4.69, 9.17) is 19.2 Å². The number of ether oxygens (including phenoxy) is 3. The SMILES string of the molecule is COc1cccc(Cc2ncc(-c3cccc(OC)c3)cc2-c2cccc(OC)c2)c1. The number of pyridine rings is 1. The van der Waals surface area contributed by atoms with E-state index in [0.29, 0.717) is 6.42 Å². The summed E-state index contributed by atoms with van der Waals surface area (Å²) < 4.78 is 16.2. The van der Waals surface area contributed by atoms with Crippen LogP contribution >= 0.6 is 0 Å². The van der Waals surface area contributed by atoms with Gasteiger partial charge >= 0.3 is 0 Å². The Kier molecular flexibility index (Phi) is 6.18. The zero-order valence-corrected chi connectivity index (χ0v) is 18.0. The molecule has 0 amide bonds.